The van der Waals surface area contributed by atoms with E-state index in [1.807, 2.05) is 0 Å². The van der Waals surface area contributed by atoms with Gasteiger partial charge in [0.05, 0.1) is 13.7 Å². The number of methoxy groups -OCH3 is 1. The lowest BCUT2D eigenvalue weighted by Crippen LogP contribution is -2.17. The van der Waals surface area contributed by atoms with E-state index in [4.69, 9.17) is 0 Å². The third kappa shape index (κ3) is 1.98. The minimum Gasteiger partial charge on any atom is -0.466 e. The second-order valence-corrected chi connectivity index (χ2v) is 2.15. The number of carbonyl (C=O) groups is 2. The number of ether oxygens (including phenoxy) is 2. The van der Waals surface area contributed by atoms with Crippen molar-refractivity contribution in [3.05, 3.63) is 12.3 Å². The highest BCUT2D eigenvalue weighted by atomic mass is 16.6. The van der Waals surface area contributed by atoms with Crippen LogP contribution in [0, 0.1) is 0 Å². The van der Waals surface area contributed by atoms with Crippen LogP contribution in [0.3, 0.4) is 0 Å². The van der Waals surface area contributed by atoms with Crippen molar-refractivity contribution in [3.63, 3.8) is 0 Å². The number of nitrogens with zero attached hydrogens (tertiary/aromatic N) is 1. The number of hydrogen-bond acceptors (Lipinski definition) is 4. The molecule has 0 saturated carbocycles. The summed E-state index contributed by atoms with van der Waals surface area (Å²) in [7, 11) is 1.27. The van der Waals surface area contributed by atoms with Crippen molar-refractivity contribution in [3.8, 4) is 0 Å². The fraction of sp³-hybridized carbons (Fsp3) is 0.429. The van der Waals surface area contributed by atoms with Gasteiger partial charge in [-0.25, -0.2) is 9.59 Å². The van der Waals surface area contributed by atoms with Crippen molar-refractivity contribution in [1.29, 1.82) is 0 Å². The molecule has 0 N–H and O–H groups in total. The third-order valence-electron chi connectivity index (χ3n) is 1.38. The molecule has 1 aliphatic rings. The third-order valence-corrected chi connectivity index (χ3v) is 1.38. The maximum atomic E-state index is 10.8. The van der Waals surface area contributed by atoms with Crippen LogP contribution < -0.4 is 0 Å². The molecule has 0 aromatic rings. The quantitative estimate of drug-likeness (QED) is 0.437. The highest BCUT2D eigenvalue weighted by molar-refractivity contribution is 5.82. The van der Waals surface area contributed by atoms with Crippen LogP contribution >= 0.6 is 0 Å². The molecular weight excluding hydrogens is 162 g/mol. The first-order valence-corrected chi connectivity index (χ1v) is 3.43. The van der Waals surface area contributed by atoms with Gasteiger partial charge in [-0.2, -0.15) is 0 Å². The summed E-state index contributed by atoms with van der Waals surface area (Å²) in [5.41, 5.74) is 0. The van der Waals surface area contributed by atoms with Crippen LogP contribution in [0.25, 0.3) is 0 Å². The van der Waals surface area contributed by atoms with Crippen LogP contribution in [0.5, 0.6) is 0 Å². The summed E-state index contributed by atoms with van der Waals surface area (Å²) >= 11 is 0. The van der Waals surface area contributed by atoms with E-state index in [0.717, 1.165) is 0 Å². The van der Waals surface area contributed by atoms with E-state index in [9.17, 15) is 9.59 Å². The Hall–Kier alpha value is -1.52. The second kappa shape index (κ2) is 3.75. The molecule has 0 spiro atoms. The van der Waals surface area contributed by atoms with Crippen LogP contribution in [0.15, 0.2) is 12.3 Å². The lowest BCUT2D eigenvalue weighted by atomic mass is 10.5. The van der Waals surface area contributed by atoms with Gasteiger partial charge in [0.25, 0.3) is 0 Å². The van der Waals surface area contributed by atoms with Gasteiger partial charge in [0.1, 0.15) is 6.61 Å². The van der Waals surface area contributed by atoms with Crippen molar-refractivity contribution in [2.45, 2.75) is 0 Å². The summed E-state index contributed by atoms with van der Waals surface area (Å²) in [5, 5.41) is 0. The molecule has 1 fully saturated rings. The number of hydrogen-bond donors (Lipinski definition) is 0. The Kier molecular flexibility index (Phi) is 2.68. The molecule has 0 aliphatic carbocycles. The minimum atomic E-state index is -0.491. The lowest BCUT2D eigenvalue weighted by molar-refractivity contribution is -0.134. The standard InChI is InChI=1S/C7H9NO4/c1-11-6(9)2-3-8-4-5-12-7(8)10/h2-3H,4-5H2,1H3/b3-2+. The average Bonchev–Trinajstić information content (AvgIpc) is 2.47. The molecule has 5 heteroatoms. The molecule has 1 rings (SSSR count). The van der Waals surface area contributed by atoms with Gasteiger partial charge in [0.2, 0.25) is 0 Å². The van der Waals surface area contributed by atoms with Crippen molar-refractivity contribution < 1.29 is 19.1 Å². The smallest absolute Gasteiger partial charge is 0.413 e. The van der Waals surface area contributed by atoms with Crippen molar-refractivity contribution >= 4 is 12.1 Å². The van der Waals surface area contributed by atoms with Crippen LogP contribution in [0.1, 0.15) is 0 Å². The highest BCUT2D eigenvalue weighted by Crippen LogP contribution is 2.02. The topological polar surface area (TPSA) is 55.8 Å². The van der Waals surface area contributed by atoms with E-state index < -0.39 is 12.1 Å². The van der Waals surface area contributed by atoms with E-state index in [1.165, 1.54) is 24.3 Å². The van der Waals surface area contributed by atoms with Crippen molar-refractivity contribution in [1.82, 2.24) is 4.90 Å². The maximum absolute atomic E-state index is 10.8. The summed E-state index contributed by atoms with van der Waals surface area (Å²) in [5.74, 6) is -0.491. The number of esters is 1. The number of amides is 1. The molecule has 0 atom stereocenters. The second-order valence-electron chi connectivity index (χ2n) is 2.15. The Morgan fingerprint density at radius 3 is 3.00 bits per heavy atom. The van der Waals surface area contributed by atoms with E-state index in [2.05, 4.69) is 9.47 Å². The Morgan fingerprint density at radius 2 is 2.50 bits per heavy atom. The van der Waals surface area contributed by atoms with Gasteiger partial charge in [-0.05, 0) is 0 Å². The van der Waals surface area contributed by atoms with Crippen molar-refractivity contribution in [2.75, 3.05) is 20.3 Å². The zero-order chi connectivity index (χ0) is 8.97. The van der Waals surface area contributed by atoms with Gasteiger partial charge >= 0.3 is 12.1 Å². The zero-order valence-corrected chi connectivity index (χ0v) is 6.65. The van der Waals surface area contributed by atoms with Gasteiger partial charge in [0, 0.05) is 12.3 Å². The lowest BCUT2D eigenvalue weighted by Gasteiger charge is -2.03. The Balaban J connectivity index is 2.44. The summed E-state index contributed by atoms with van der Waals surface area (Å²) in [6.45, 7) is 0.844. The molecule has 0 radical (unpaired) electrons. The predicted octanol–water partition coefficient (Wildman–Crippen LogP) is 0.125. The molecular formula is C7H9NO4. The van der Waals surface area contributed by atoms with E-state index in [1.54, 1.807) is 0 Å². The van der Waals surface area contributed by atoms with Crippen LogP contribution in [0.2, 0.25) is 0 Å². The highest BCUT2D eigenvalue weighted by Gasteiger charge is 2.19. The van der Waals surface area contributed by atoms with Gasteiger partial charge in [-0.1, -0.05) is 0 Å². The summed E-state index contributed by atoms with van der Waals surface area (Å²) in [6, 6.07) is 0. The molecule has 0 aromatic carbocycles. The zero-order valence-electron chi connectivity index (χ0n) is 6.65. The van der Waals surface area contributed by atoms with Gasteiger partial charge in [-0.3, -0.25) is 4.90 Å². The normalized spacial score (nSPS) is 16.8. The van der Waals surface area contributed by atoms with Crippen LogP contribution in [-0.4, -0.2) is 37.2 Å². The van der Waals surface area contributed by atoms with E-state index >= 15 is 0 Å². The molecule has 5 nitrogen and oxygen atoms in total. The van der Waals surface area contributed by atoms with Crippen molar-refractivity contribution in [2.24, 2.45) is 0 Å². The van der Waals surface area contributed by atoms with Gasteiger partial charge in [-0.15, -0.1) is 0 Å². The van der Waals surface area contributed by atoms with Crippen LogP contribution in [-0.2, 0) is 14.3 Å². The SMILES string of the molecule is COC(=O)/C=C/N1CCOC1=O. The first kappa shape index (κ1) is 8.58. The van der Waals surface area contributed by atoms with Crippen LogP contribution in [0.4, 0.5) is 4.79 Å². The first-order valence-electron chi connectivity index (χ1n) is 3.43. The molecule has 1 heterocycles. The Bertz CT molecular complexity index is 223. The summed E-state index contributed by atoms with van der Waals surface area (Å²) < 4.78 is 8.96. The molecule has 1 aliphatic heterocycles. The van der Waals surface area contributed by atoms with Gasteiger partial charge in [0.15, 0.2) is 0 Å². The molecule has 1 amide bonds. The molecule has 0 unspecified atom stereocenters. The number of cyclic esters (lactones) is 1. The molecule has 0 aromatic heterocycles. The monoisotopic (exact) mass is 171 g/mol. The first-order chi connectivity index (χ1) is 5.74. The Labute approximate surface area is 69.5 Å². The predicted molar refractivity (Wildman–Crippen MR) is 39.2 cm³/mol. The minimum absolute atomic E-state index is 0.365. The van der Waals surface area contributed by atoms with Gasteiger partial charge < -0.3 is 9.47 Å². The largest absolute Gasteiger partial charge is 0.466 e. The molecule has 0 bridgehead atoms. The van der Waals surface area contributed by atoms with E-state index in [0.29, 0.717) is 13.2 Å². The summed E-state index contributed by atoms with van der Waals surface area (Å²) in [6.07, 6.45) is 2.09. The van der Waals surface area contributed by atoms with E-state index in [-0.39, 0.29) is 0 Å². The Morgan fingerprint density at radius 1 is 1.75 bits per heavy atom. The number of rotatable bonds is 2. The summed E-state index contributed by atoms with van der Waals surface area (Å²) in [4.78, 5) is 22.7. The fourth-order valence-electron chi connectivity index (χ4n) is 0.760. The fourth-order valence-corrected chi connectivity index (χ4v) is 0.760. The average molecular weight is 171 g/mol. The molecule has 12 heavy (non-hydrogen) atoms. The molecule has 66 valence electrons. The number of carbonyl (C=O) groups excluding carboxylic acids is 2. The molecule has 1 saturated heterocycles. The maximum Gasteiger partial charge on any atom is 0.413 e.